The van der Waals surface area contributed by atoms with Gasteiger partial charge < -0.3 is 10.5 Å². The number of nitrogen functional groups attached to an aromatic ring is 1. The maximum absolute atomic E-state index is 9.64. The van der Waals surface area contributed by atoms with Crippen molar-refractivity contribution in [2.75, 3.05) is 12.8 Å². The summed E-state index contributed by atoms with van der Waals surface area (Å²) in [7, 11) is 1.62. The molecule has 0 unspecified atom stereocenters. The average molecular weight is 388 g/mol. The molecule has 1 aromatic carbocycles. The van der Waals surface area contributed by atoms with Gasteiger partial charge in [-0.05, 0) is 35.2 Å². The van der Waals surface area contributed by atoms with Gasteiger partial charge in [0.2, 0.25) is 0 Å². The Kier molecular flexibility index (Phi) is 4.74. The van der Waals surface area contributed by atoms with Crippen molar-refractivity contribution in [1.82, 2.24) is 19.7 Å². The van der Waals surface area contributed by atoms with Crippen LogP contribution in [0.4, 0.5) is 5.82 Å². The number of nitriles is 1. The molecular formula is C20H16N6OS. The number of nitrogens with two attached hydrogens (primary N) is 1. The predicted octanol–water partition coefficient (Wildman–Crippen LogP) is 3.58. The summed E-state index contributed by atoms with van der Waals surface area (Å²) in [5, 5.41) is 17.8. The van der Waals surface area contributed by atoms with Crippen LogP contribution in [0, 0.1) is 11.3 Å². The van der Waals surface area contributed by atoms with Crippen molar-refractivity contribution in [2.24, 2.45) is 0 Å². The quantitative estimate of drug-likeness (QED) is 0.560. The van der Waals surface area contributed by atoms with Crippen LogP contribution in [0.2, 0.25) is 0 Å². The SMILES string of the molecule is COc1ccc(-c2cc(-c3ccsc3)nc(N)c2C#N)cc1Cn1cncn1. The average Bonchev–Trinajstić information content (AvgIpc) is 3.41. The minimum absolute atomic E-state index is 0.217. The molecule has 8 heteroatoms. The molecule has 0 spiro atoms. The number of pyridine rings is 1. The number of anilines is 1. The molecule has 0 aliphatic rings. The van der Waals surface area contributed by atoms with E-state index in [9.17, 15) is 5.26 Å². The fourth-order valence-electron chi connectivity index (χ4n) is 3.03. The third-order valence-electron chi connectivity index (χ3n) is 4.37. The Balaban J connectivity index is 1.85. The van der Waals surface area contributed by atoms with Crippen LogP contribution in [0.1, 0.15) is 11.1 Å². The van der Waals surface area contributed by atoms with Crippen molar-refractivity contribution in [2.45, 2.75) is 6.54 Å². The molecule has 0 saturated carbocycles. The number of hydrogen-bond donors (Lipinski definition) is 1. The van der Waals surface area contributed by atoms with Crippen molar-refractivity contribution >= 4 is 17.2 Å². The van der Waals surface area contributed by atoms with E-state index in [2.05, 4.69) is 21.1 Å². The van der Waals surface area contributed by atoms with Crippen LogP contribution >= 0.6 is 11.3 Å². The van der Waals surface area contributed by atoms with E-state index in [0.717, 1.165) is 33.7 Å². The lowest BCUT2D eigenvalue weighted by molar-refractivity contribution is 0.407. The predicted molar refractivity (Wildman–Crippen MR) is 108 cm³/mol. The monoisotopic (exact) mass is 388 g/mol. The molecule has 0 amide bonds. The van der Waals surface area contributed by atoms with E-state index < -0.39 is 0 Å². The van der Waals surface area contributed by atoms with E-state index in [0.29, 0.717) is 12.1 Å². The van der Waals surface area contributed by atoms with Crippen molar-refractivity contribution in [1.29, 1.82) is 5.26 Å². The Labute approximate surface area is 165 Å². The van der Waals surface area contributed by atoms with Crippen LogP contribution in [0.25, 0.3) is 22.4 Å². The summed E-state index contributed by atoms with van der Waals surface area (Å²) < 4.78 is 7.20. The van der Waals surface area contributed by atoms with Gasteiger partial charge in [0, 0.05) is 22.1 Å². The molecule has 4 aromatic rings. The Morgan fingerprint density at radius 1 is 1.25 bits per heavy atom. The topological polar surface area (TPSA) is 103 Å². The molecule has 0 aliphatic carbocycles. The lowest BCUT2D eigenvalue weighted by Gasteiger charge is -2.13. The molecule has 138 valence electrons. The Morgan fingerprint density at radius 3 is 2.82 bits per heavy atom. The highest BCUT2D eigenvalue weighted by Crippen LogP contribution is 2.34. The normalized spacial score (nSPS) is 10.6. The number of thiophene rings is 1. The number of hydrogen-bond acceptors (Lipinski definition) is 7. The number of benzene rings is 1. The molecule has 0 atom stereocenters. The fraction of sp³-hybridized carbons (Fsp3) is 0.100. The Bertz CT molecular complexity index is 1150. The summed E-state index contributed by atoms with van der Waals surface area (Å²) in [4.78, 5) is 8.38. The fourth-order valence-corrected chi connectivity index (χ4v) is 3.68. The van der Waals surface area contributed by atoms with Crippen molar-refractivity contribution in [3.63, 3.8) is 0 Å². The van der Waals surface area contributed by atoms with Crippen LogP contribution in [-0.2, 0) is 6.54 Å². The number of rotatable bonds is 5. The molecule has 4 rings (SSSR count). The standard InChI is InChI=1S/C20H16N6OS/c1-27-19-3-2-13(6-15(19)9-26-12-23-11-24-26)16-7-18(14-4-5-28-10-14)25-20(22)17(16)8-21/h2-7,10-12H,9H2,1H3,(H2,22,25). The van der Waals surface area contributed by atoms with Crippen molar-refractivity contribution in [3.05, 3.63) is 64.9 Å². The highest BCUT2D eigenvalue weighted by atomic mass is 32.1. The molecule has 28 heavy (non-hydrogen) atoms. The summed E-state index contributed by atoms with van der Waals surface area (Å²) in [5.74, 6) is 0.952. The second-order valence-corrected chi connectivity index (χ2v) is 6.84. The highest BCUT2D eigenvalue weighted by Gasteiger charge is 2.15. The first-order valence-corrected chi connectivity index (χ1v) is 9.36. The van der Waals surface area contributed by atoms with Crippen molar-refractivity contribution in [3.8, 4) is 34.2 Å². The van der Waals surface area contributed by atoms with E-state index in [-0.39, 0.29) is 5.82 Å². The molecule has 3 heterocycles. The van der Waals surface area contributed by atoms with Gasteiger partial charge in [-0.2, -0.15) is 21.7 Å². The molecule has 0 saturated heterocycles. The third kappa shape index (κ3) is 3.31. The first-order chi connectivity index (χ1) is 13.7. The van der Waals surface area contributed by atoms with Gasteiger partial charge in [0.1, 0.15) is 35.9 Å². The van der Waals surface area contributed by atoms with Crippen molar-refractivity contribution < 1.29 is 4.74 Å². The number of aromatic nitrogens is 4. The van der Waals surface area contributed by atoms with Crippen LogP contribution in [0.15, 0.2) is 53.7 Å². The van der Waals surface area contributed by atoms with Gasteiger partial charge in [-0.3, -0.25) is 0 Å². The second-order valence-electron chi connectivity index (χ2n) is 6.06. The van der Waals surface area contributed by atoms with E-state index >= 15 is 0 Å². The molecule has 0 aliphatic heterocycles. The zero-order chi connectivity index (χ0) is 19.5. The summed E-state index contributed by atoms with van der Waals surface area (Å²) in [6.45, 7) is 0.497. The van der Waals surface area contributed by atoms with Gasteiger partial charge in [0.15, 0.2) is 0 Å². The minimum Gasteiger partial charge on any atom is -0.496 e. The molecule has 3 aromatic heterocycles. The molecule has 0 radical (unpaired) electrons. The number of nitrogens with zero attached hydrogens (tertiary/aromatic N) is 5. The summed E-state index contributed by atoms with van der Waals surface area (Å²) in [5.41, 5.74) is 10.7. The zero-order valence-electron chi connectivity index (χ0n) is 15.0. The summed E-state index contributed by atoms with van der Waals surface area (Å²) in [6, 6.07) is 11.8. The van der Waals surface area contributed by atoms with E-state index in [1.807, 2.05) is 41.1 Å². The largest absolute Gasteiger partial charge is 0.496 e. The zero-order valence-corrected chi connectivity index (χ0v) is 15.8. The van der Waals surface area contributed by atoms with Gasteiger partial charge in [-0.1, -0.05) is 6.07 Å². The van der Waals surface area contributed by atoms with Gasteiger partial charge >= 0.3 is 0 Å². The summed E-state index contributed by atoms with van der Waals surface area (Å²) in [6.07, 6.45) is 3.13. The Morgan fingerprint density at radius 2 is 2.14 bits per heavy atom. The second kappa shape index (κ2) is 7.50. The van der Waals surface area contributed by atoms with Gasteiger partial charge in [-0.15, -0.1) is 0 Å². The third-order valence-corrected chi connectivity index (χ3v) is 5.05. The van der Waals surface area contributed by atoms with Gasteiger partial charge in [0.25, 0.3) is 0 Å². The van der Waals surface area contributed by atoms with Gasteiger partial charge in [-0.25, -0.2) is 14.6 Å². The highest BCUT2D eigenvalue weighted by molar-refractivity contribution is 7.08. The molecular weight excluding hydrogens is 372 g/mol. The van der Waals surface area contributed by atoms with Crippen LogP contribution in [0.5, 0.6) is 5.75 Å². The first kappa shape index (κ1) is 17.7. The minimum atomic E-state index is 0.217. The Hall–Kier alpha value is -3.70. The lowest BCUT2D eigenvalue weighted by atomic mass is 9.97. The van der Waals surface area contributed by atoms with Gasteiger partial charge in [0.05, 0.1) is 19.3 Å². The van der Waals surface area contributed by atoms with E-state index in [1.54, 1.807) is 29.5 Å². The first-order valence-electron chi connectivity index (χ1n) is 8.42. The van der Waals surface area contributed by atoms with Crippen LogP contribution in [-0.4, -0.2) is 26.9 Å². The molecule has 2 N–H and O–H groups in total. The smallest absolute Gasteiger partial charge is 0.142 e. The van der Waals surface area contributed by atoms with Crippen LogP contribution < -0.4 is 10.5 Å². The summed E-state index contributed by atoms with van der Waals surface area (Å²) >= 11 is 1.58. The van der Waals surface area contributed by atoms with E-state index in [1.165, 1.54) is 6.33 Å². The molecule has 7 nitrogen and oxygen atoms in total. The maximum atomic E-state index is 9.64. The lowest BCUT2D eigenvalue weighted by Crippen LogP contribution is -2.03. The van der Waals surface area contributed by atoms with E-state index in [4.69, 9.17) is 10.5 Å². The molecule has 0 fully saturated rings. The maximum Gasteiger partial charge on any atom is 0.142 e. The molecule has 0 bridgehead atoms. The number of ether oxygens (including phenoxy) is 1. The number of methoxy groups -OCH3 is 1. The van der Waals surface area contributed by atoms with Crippen LogP contribution in [0.3, 0.4) is 0 Å².